The van der Waals surface area contributed by atoms with Gasteiger partial charge in [0.05, 0.1) is 11.4 Å². The van der Waals surface area contributed by atoms with Crippen LogP contribution in [0.5, 0.6) is 5.75 Å². The Morgan fingerprint density at radius 2 is 1.96 bits per heavy atom. The molecule has 1 heterocycles. The molecule has 0 spiro atoms. The Labute approximate surface area is 156 Å². The second kappa shape index (κ2) is 10.0. The number of hydrogen-bond donors (Lipinski definition) is 2. The summed E-state index contributed by atoms with van der Waals surface area (Å²) in [6.07, 6.45) is 0. The molecular formula is C16H22ClF2N5O2. The molecule has 0 aliphatic rings. The molecule has 2 N–H and O–H groups in total. The predicted octanol–water partition coefficient (Wildman–Crippen LogP) is 2.33. The summed E-state index contributed by atoms with van der Waals surface area (Å²) in [4.78, 5) is 12.2. The lowest BCUT2D eigenvalue weighted by atomic mass is 10.2. The Balaban J connectivity index is 0.00000338. The Kier molecular flexibility index (Phi) is 8.40. The number of nitrogens with zero attached hydrogens (tertiary/aromatic N) is 3. The van der Waals surface area contributed by atoms with Gasteiger partial charge in [-0.3, -0.25) is 4.79 Å². The van der Waals surface area contributed by atoms with Crippen LogP contribution in [0, 0.1) is 6.92 Å². The summed E-state index contributed by atoms with van der Waals surface area (Å²) in [6.45, 7) is 4.09. The molecule has 0 bridgehead atoms. The fourth-order valence-electron chi connectivity index (χ4n) is 2.30. The van der Waals surface area contributed by atoms with Gasteiger partial charge in [0.1, 0.15) is 5.75 Å². The maximum Gasteiger partial charge on any atom is 0.387 e. The molecule has 0 saturated heterocycles. The summed E-state index contributed by atoms with van der Waals surface area (Å²) in [6, 6.07) is 6.08. The summed E-state index contributed by atoms with van der Waals surface area (Å²) in [5, 5.41) is 13.9. The highest BCUT2D eigenvalue weighted by molar-refractivity contribution is 5.93. The fourth-order valence-corrected chi connectivity index (χ4v) is 2.30. The van der Waals surface area contributed by atoms with Crippen molar-refractivity contribution < 1.29 is 18.3 Å². The van der Waals surface area contributed by atoms with Crippen molar-refractivity contribution in [3.8, 4) is 11.4 Å². The molecule has 0 aliphatic heterocycles. The highest BCUT2D eigenvalue weighted by atomic mass is 35.5. The van der Waals surface area contributed by atoms with Gasteiger partial charge in [0, 0.05) is 12.6 Å². The third-order valence-electron chi connectivity index (χ3n) is 3.54. The highest BCUT2D eigenvalue weighted by Gasteiger charge is 2.17. The van der Waals surface area contributed by atoms with E-state index in [1.807, 2.05) is 13.8 Å². The zero-order valence-corrected chi connectivity index (χ0v) is 15.5. The van der Waals surface area contributed by atoms with E-state index in [0.29, 0.717) is 17.9 Å². The average Bonchev–Trinajstić information content (AvgIpc) is 2.95. The van der Waals surface area contributed by atoms with Crippen molar-refractivity contribution >= 4 is 18.3 Å². The van der Waals surface area contributed by atoms with E-state index in [1.165, 1.54) is 16.8 Å². The van der Waals surface area contributed by atoms with E-state index in [-0.39, 0.29) is 35.8 Å². The minimum atomic E-state index is -2.88. The SMILES string of the molecule is CCN[C@H](C)CNC(=O)c1nnn(-c2ccc(OC(F)F)cc2)c1C.Cl. The number of carbonyl (C=O) groups is 1. The standard InChI is InChI=1S/C16H21F2N5O2.ClH/c1-4-19-10(2)9-20-15(24)14-11(3)23(22-21-14)12-5-7-13(8-6-12)25-16(17)18;/h5-8,10,16,19H,4,9H2,1-3H3,(H,20,24);1H/t10-;/m1./s1. The van der Waals surface area contributed by atoms with Crippen molar-refractivity contribution in [2.24, 2.45) is 0 Å². The molecule has 144 valence electrons. The number of aromatic nitrogens is 3. The van der Waals surface area contributed by atoms with Gasteiger partial charge in [0.15, 0.2) is 5.69 Å². The monoisotopic (exact) mass is 389 g/mol. The Morgan fingerprint density at radius 1 is 1.31 bits per heavy atom. The number of hydrogen-bond acceptors (Lipinski definition) is 5. The van der Waals surface area contributed by atoms with E-state index in [4.69, 9.17) is 0 Å². The normalized spacial score (nSPS) is 11.8. The van der Waals surface area contributed by atoms with Crippen LogP contribution in [-0.2, 0) is 0 Å². The quantitative estimate of drug-likeness (QED) is 0.724. The molecule has 2 rings (SSSR count). The number of amides is 1. The molecule has 0 saturated carbocycles. The van der Waals surface area contributed by atoms with Crippen molar-refractivity contribution in [1.82, 2.24) is 25.6 Å². The van der Waals surface area contributed by atoms with Crippen LogP contribution in [-0.4, -0.2) is 46.6 Å². The molecule has 2 aromatic rings. The molecular weight excluding hydrogens is 368 g/mol. The van der Waals surface area contributed by atoms with E-state index in [2.05, 4.69) is 25.7 Å². The number of likely N-dealkylation sites (N-methyl/N-ethyl adjacent to an activating group) is 1. The first-order chi connectivity index (χ1) is 11.9. The second-order valence-corrected chi connectivity index (χ2v) is 5.48. The molecule has 0 radical (unpaired) electrons. The summed E-state index contributed by atoms with van der Waals surface area (Å²) in [5.74, 6) is -0.266. The Hall–Kier alpha value is -2.26. The summed E-state index contributed by atoms with van der Waals surface area (Å²) in [7, 11) is 0. The topological polar surface area (TPSA) is 81.1 Å². The lowest BCUT2D eigenvalue weighted by Crippen LogP contribution is -2.39. The fraction of sp³-hybridized carbons (Fsp3) is 0.438. The van der Waals surface area contributed by atoms with Crippen molar-refractivity contribution in [2.75, 3.05) is 13.1 Å². The van der Waals surface area contributed by atoms with E-state index in [0.717, 1.165) is 6.54 Å². The predicted molar refractivity (Wildman–Crippen MR) is 95.4 cm³/mol. The van der Waals surface area contributed by atoms with Gasteiger partial charge in [-0.1, -0.05) is 12.1 Å². The molecule has 26 heavy (non-hydrogen) atoms. The number of rotatable bonds is 8. The first-order valence-corrected chi connectivity index (χ1v) is 7.91. The third-order valence-corrected chi connectivity index (χ3v) is 3.54. The maximum atomic E-state index is 12.2. The van der Waals surface area contributed by atoms with Gasteiger partial charge in [-0.15, -0.1) is 17.5 Å². The van der Waals surface area contributed by atoms with Crippen LogP contribution in [0.15, 0.2) is 24.3 Å². The van der Waals surface area contributed by atoms with Crippen LogP contribution in [0.25, 0.3) is 5.69 Å². The van der Waals surface area contributed by atoms with Crippen molar-refractivity contribution in [1.29, 1.82) is 0 Å². The van der Waals surface area contributed by atoms with Crippen LogP contribution in [0.3, 0.4) is 0 Å². The zero-order chi connectivity index (χ0) is 18.4. The van der Waals surface area contributed by atoms with Gasteiger partial charge in [0.25, 0.3) is 5.91 Å². The van der Waals surface area contributed by atoms with Crippen molar-refractivity contribution in [3.05, 3.63) is 35.7 Å². The third kappa shape index (κ3) is 5.63. The zero-order valence-electron chi connectivity index (χ0n) is 14.7. The first-order valence-electron chi connectivity index (χ1n) is 7.91. The van der Waals surface area contributed by atoms with Gasteiger partial charge in [-0.25, -0.2) is 4.68 Å². The van der Waals surface area contributed by atoms with Gasteiger partial charge in [0.2, 0.25) is 0 Å². The van der Waals surface area contributed by atoms with Crippen LogP contribution < -0.4 is 15.4 Å². The Morgan fingerprint density at radius 3 is 2.54 bits per heavy atom. The van der Waals surface area contributed by atoms with E-state index in [1.54, 1.807) is 19.1 Å². The summed E-state index contributed by atoms with van der Waals surface area (Å²) >= 11 is 0. The van der Waals surface area contributed by atoms with Crippen molar-refractivity contribution in [2.45, 2.75) is 33.4 Å². The van der Waals surface area contributed by atoms with Crippen LogP contribution in [0.4, 0.5) is 8.78 Å². The number of carbonyl (C=O) groups excluding carboxylic acids is 1. The number of benzene rings is 1. The molecule has 0 aliphatic carbocycles. The number of ether oxygens (including phenoxy) is 1. The molecule has 1 atom stereocenters. The lowest BCUT2D eigenvalue weighted by molar-refractivity contribution is -0.0498. The van der Waals surface area contributed by atoms with Crippen LogP contribution in [0.1, 0.15) is 30.0 Å². The largest absolute Gasteiger partial charge is 0.435 e. The number of alkyl halides is 2. The van der Waals surface area contributed by atoms with Crippen LogP contribution >= 0.6 is 12.4 Å². The smallest absolute Gasteiger partial charge is 0.387 e. The summed E-state index contributed by atoms with van der Waals surface area (Å²) in [5.41, 5.74) is 1.36. The minimum absolute atomic E-state index is 0. The average molecular weight is 390 g/mol. The van der Waals surface area contributed by atoms with Crippen LogP contribution in [0.2, 0.25) is 0 Å². The highest BCUT2D eigenvalue weighted by Crippen LogP contribution is 2.18. The van der Waals surface area contributed by atoms with Gasteiger partial charge >= 0.3 is 6.61 Å². The van der Waals surface area contributed by atoms with E-state index in [9.17, 15) is 13.6 Å². The molecule has 0 fully saturated rings. The maximum absolute atomic E-state index is 12.2. The first kappa shape index (κ1) is 21.8. The molecule has 1 aromatic heterocycles. The minimum Gasteiger partial charge on any atom is -0.435 e. The second-order valence-electron chi connectivity index (χ2n) is 5.48. The Bertz CT molecular complexity index is 709. The molecule has 1 aromatic carbocycles. The van der Waals surface area contributed by atoms with E-state index >= 15 is 0 Å². The van der Waals surface area contributed by atoms with Gasteiger partial charge < -0.3 is 15.4 Å². The summed E-state index contributed by atoms with van der Waals surface area (Å²) < 4.78 is 30.1. The van der Waals surface area contributed by atoms with E-state index < -0.39 is 6.61 Å². The van der Waals surface area contributed by atoms with Gasteiger partial charge in [-0.05, 0) is 44.7 Å². The van der Waals surface area contributed by atoms with Crippen molar-refractivity contribution in [3.63, 3.8) is 0 Å². The van der Waals surface area contributed by atoms with Gasteiger partial charge in [-0.2, -0.15) is 8.78 Å². The lowest BCUT2D eigenvalue weighted by Gasteiger charge is -2.12. The molecule has 7 nitrogen and oxygen atoms in total. The molecule has 1 amide bonds. The molecule has 0 unspecified atom stereocenters. The number of nitrogens with one attached hydrogen (secondary N) is 2. The number of halogens is 3. The molecule has 10 heteroatoms.